The van der Waals surface area contributed by atoms with Gasteiger partial charge in [-0.15, -0.1) is 0 Å². The molecular formula is C20H30N2O2. The molecule has 4 nitrogen and oxygen atoms in total. The number of hydrogen-bond donors (Lipinski definition) is 1. The Hall–Kier alpha value is -1.84. The van der Waals surface area contributed by atoms with Crippen LogP contribution in [0.1, 0.15) is 51.5 Å². The van der Waals surface area contributed by atoms with Crippen LogP contribution < -0.4 is 5.32 Å². The highest BCUT2D eigenvalue weighted by Gasteiger charge is 2.34. The van der Waals surface area contributed by atoms with Crippen LogP contribution in [-0.2, 0) is 16.0 Å². The van der Waals surface area contributed by atoms with E-state index in [0.29, 0.717) is 19.5 Å². The van der Waals surface area contributed by atoms with E-state index in [9.17, 15) is 9.59 Å². The zero-order valence-electron chi connectivity index (χ0n) is 15.0. The van der Waals surface area contributed by atoms with E-state index in [1.54, 1.807) is 0 Å². The van der Waals surface area contributed by atoms with Crippen LogP contribution in [0.4, 0.5) is 0 Å². The molecule has 2 rings (SSSR count). The van der Waals surface area contributed by atoms with Gasteiger partial charge in [0.25, 0.3) is 0 Å². The van der Waals surface area contributed by atoms with Crippen LogP contribution in [0.3, 0.4) is 0 Å². The van der Waals surface area contributed by atoms with Gasteiger partial charge in [0.1, 0.15) is 0 Å². The van der Waals surface area contributed by atoms with Crippen LogP contribution in [0.2, 0.25) is 0 Å². The van der Waals surface area contributed by atoms with E-state index in [-0.39, 0.29) is 23.8 Å². The van der Waals surface area contributed by atoms with Crippen molar-refractivity contribution in [1.82, 2.24) is 10.2 Å². The highest BCUT2D eigenvalue weighted by Crippen LogP contribution is 2.19. The van der Waals surface area contributed by atoms with Gasteiger partial charge in [-0.1, -0.05) is 56.5 Å². The third-order valence-corrected chi connectivity index (χ3v) is 4.73. The van der Waals surface area contributed by atoms with E-state index in [2.05, 4.69) is 31.3 Å². The lowest BCUT2D eigenvalue weighted by Crippen LogP contribution is -2.38. The molecule has 2 amide bonds. The first-order chi connectivity index (χ1) is 11.6. The van der Waals surface area contributed by atoms with Gasteiger partial charge in [-0.2, -0.15) is 0 Å². The Labute approximate surface area is 145 Å². The second-order valence-corrected chi connectivity index (χ2v) is 6.88. The van der Waals surface area contributed by atoms with E-state index in [4.69, 9.17) is 0 Å². The van der Waals surface area contributed by atoms with Gasteiger partial charge in [0.15, 0.2) is 0 Å². The fourth-order valence-electron chi connectivity index (χ4n) is 3.21. The van der Waals surface area contributed by atoms with Crippen LogP contribution in [0.15, 0.2) is 30.3 Å². The summed E-state index contributed by atoms with van der Waals surface area (Å²) in [5.41, 5.74) is 1.22. The molecule has 0 aliphatic carbocycles. The molecule has 0 aromatic heterocycles. The number of nitrogens with one attached hydrogen (secondary N) is 1. The molecule has 1 aromatic carbocycles. The maximum Gasteiger partial charge on any atom is 0.225 e. The minimum absolute atomic E-state index is 0.0366. The van der Waals surface area contributed by atoms with Crippen molar-refractivity contribution < 1.29 is 9.59 Å². The number of carbonyl (C=O) groups excluding carboxylic acids is 2. The predicted molar refractivity (Wildman–Crippen MR) is 96.6 cm³/mol. The SMILES string of the molecule is CCCCCC(C)NC(=O)C1CC(=O)N(CCc2ccccc2)C1. The molecule has 4 heteroatoms. The zero-order chi connectivity index (χ0) is 17.4. The summed E-state index contributed by atoms with van der Waals surface area (Å²) in [7, 11) is 0. The lowest BCUT2D eigenvalue weighted by molar-refractivity contribution is -0.129. The van der Waals surface area contributed by atoms with E-state index in [1.807, 2.05) is 23.1 Å². The highest BCUT2D eigenvalue weighted by molar-refractivity contribution is 5.89. The molecule has 2 atom stereocenters. The average Bonchev–Trinajstić information content (AvgIpc) is 2.95. The van der Waals surface area contributed by atoms with Gasteiger partial charge in [0, 0.05) is 25.6 Å². The molecule has 0 saturated carbocycles. The molecule has 0 spiro atoms. The standard InChI is InChI=1S/C20H30N2O2/c1-3-4-6-9-16(2)21-20(24)18-14-19(23)22(15-18)13-12-17-10-7-5-8-11-17/h5,7-8,10-11,16,18H,3-4,6,9,12-15H2,1-2H3,(H,21,24). The monoisotopic (exact) mass is 330 g/mol. The first-order valence-corrected chi connectivity index (χ1v) is 9.22. The number of amides is 2. The third-order valence-electron chi connectivity index (χ3n) is 4.73. The highest BCUT2D eigenvalue weighted by atomic mass is 16.2. The minimum Gasteiger partial charge on any atom is -0.353 e. The van der Waals surface area contributed by atoms with Crippen molar-refractivity contribution in [3.63, 3.8) is 0 Å². The maximum atomic E-state index is 12.4. The van der Waals surface area contributed by atoms with Gasteiger partial charge in [-0.05, 0) is 25.3 Å². The molecule has 1 aliphatic rings. The molecular weight excluding hydrogens is 300 g/mol. The summed E-state index contributed by atoms with van der Waals surface area (Å²) in [6, 6.07) is 10.4. The van der Waals surface area contributed by atoms with Crippen LogP contribution >= 0.6 is 0 Å². The van der Waals surface area contributed by atoms with Crippen molar-refractivity contribution in [3.05, 3.63) is 35.9 Å². The third kappa shape index (κ3) is 5.66. The molecule has 2 unspecified atom stereocenters. The van der Waals surface area contributed by atoms with Gasteiger partial charge in [-0.25, -0.2) is 0 Å². The molecule has 1 aliphatic heterocycles. The molecule has 1 saturated heterocycles. The Balaban J connectivity index is 1.75. The number of benzene rings is 1. The fourth-order valence-corrected chi connectivity index (χ4v) is 3.21. The second-order valence-electron chi connectivity index (χ2n) is 6.88. The second kappa shape index (κ2) is 9.45. The van der Waals surface area contributed by atoms with Crippen molar-refractivity contribution in [2.24, 2.45) is 5.92 Å². The maximum absolute atomic E-state index is 12.4. The molecule has 1 fully saturated rings. The normalized spacial score (nSPS) is 18.7. The Morgan fingerprint density at radius 2 is 2.04 bits per heavy atom. The quantitative estimate of drug-likeness (QED) is 0.707. The number of likely N-dealkylation sites (tertiary alicyclic amines) is 1. The predicted octanol–water partition coefficient (Wildman–Crippen LogP) is 3.16. The van der Waals surface area contributed by atoms with E-state index in [0.717, 1.165) is 19.3 Å². The summed E-state index contributed by atoms with van der Waals surface area (Å²) >= 11 is 0. The van der Waals surface area contributed by atoms with Crippen LogP contribution in [0.25, 0.3) is 0 Å². The van der Waals surface area contributed by atoms with Gasteiger partial charge in [0.2, 0.25) is 11.8 Å². The van der Waals surface area contributed by atoms with Crippen molar-refractivity contribution in [3.8, 4) is 0 Å². The smallest absolute Gasteiger partial charge is 0.225 e. The van der Waals surface area contributed by atoms with Gasteiger partial charge in [-0.3, -0.25) is 9.59 Å². The van der Waals surface area contributed by atoms with Crippen LogP contribution in [-0.4, -0.2) is 35.8 Å². The van der Waals surface area contributed by atoms with E-state index < -0.39 is 0 Å². The molecule has 0 bridgehead atoms. The minimum atomic E-state index is -0.193. The lowest BCUT2D eigenvalue weighted by atomic mass is 10.1. The fraction of sp³-hybridized carbons (Fsp3) is 0.600. The van der Waals surface area contributed by atoms with Crippen molar-refractivity contribution in [2.75, 3.05) is 13.1 Å². The molecule has 1 N–H and O–H groups in total. The molecule has 24 heavy (non-hydrogen) atoms. The van der Waals surface area contributed by atoms with Crippen LogP contribution in [0.5, 0.6) is 0 Å². The van der Waals surface area contributed by atoms with Crippen LogP contribution in [0, 0.1) is 5.92 Å². The zero-order valence-corrected chi connectivity index (χ0v) is 15.0. The Bertz CT molecular complexity index is 530. The van der Waals surface area contributed by atoms with Crippen molar-refractivity contribution >= 4 is 11.8 Å². The average molecular weight is 330 g/mol. The molecule has 132 valence electrons. The number of rotatable bonds is 9. The molecule has 0 radical (unpaired) electrons. The summed E-state index contributed by atoms with van der Waals surface area (Å²) in [6.45, 7) is 5.48. The van der Waals surface area contributed by atoms with E-state index >= 15 is 0 Å². The van der Waals surface area contributed by atoms with Gasteiger partial charge >= 0.3 is 0 Å². The number of nitrogens with zero attached hydrogens (tertiary/aromatic N) is 1. The Kier molecular flexibility index (Phi) is 7.29. The Morgan fingerprint density at radius 1 is 1.29 bits per heavy atom. The summed E-state index contributed by atoms with van der Waals surface area (Å²) < 4.78 is 0. The number of unbranched alkanes of at least 4 members (excludes halogenated alkanes) is 2. The summed E-state index contributed by atoms with van der Waals surface area (Å²) in [6.07, 6.45) is 5.74. The summed E-state index contributed by atoms with van der Waals surface area (Å²) in [4.78, 5) is 26.3. The number of hydrogen-bond acceptors (Lipinski definition) is 2. The van der Waals surface area contributed by atoms with Gasteiger partial charge < -0.3 is 10.2 Å². The first-order valence-electron chi connectivity index (χ1n) is 9.22. The molecule has 1 aromatic rings. The van der Waals surface area contributed by atoms with Crippen molar-refractivity contribution in [2.45, 2.75) is 58.4 Å². The first kappa shape index (κ1) is 18.5. The largest absolute Gasteiger partial charge is 0.353 e. The van der Waals surface area contributed by atoms with E-state index in [1.165, 1.54) is 18.4 Å². The lowest BCUT2D eigenvalue weighted by Gasteiger charge is -2.18. The topological polar surface area (TPSA) is 49.4 Å². The summed E-state index contributed by atoms with van der Waals surface area (Å²) in [5, 5.41) is 3.08. The van der Waals surface area contributed by atoms with Gasteiger partial charge in [0.05, 0.1) is 5.92 Å². The Morgan fingerprint density at radius 3 is 2.75 bits per heavy atom. The van der Waals surface area contributed by atoms with Crippen molar-refractivity contribution in [1.29, 1.82) is 0 Å². The number of carbonyl (C=O) groups is 2. The summed E-state index contributed by atoms with van der Waals surface area (Å²) in [5.74, 6) is -0.0545. The molecule has 1 heterocycles.